The van der Waals surface area contributed by atoms with Crippen molar-refractivity contribution in [2.45, 2.75) is 6.54 Å². The van der Waals surface area contributed by atoms with Crippen molar-refractivity contribution < 1.29 is 10.5 Å². The van der Waals surface area contributed by atoms with Crippen LogP contribution in [-0.4, -0.2) is 36.7 Å². The van der Waals surface area contributed by atoms with Gasteiger partial charge in [0.25, 0.3) is 5.56 Å². The summed E-state index contributed by atoms with van der Waals surface area (Å²) in [6, 6.07) is 7.70. The number of hydrogen-bond acceptors (Lipinski definition) is 4. The first-order valence-corrected chi connectivity index (χ1v) is 8.59. The van der Waals surface area contributed by atoms with Crippen LogP contribution in [0, 0.1) is 0 Å². The number of ether oxygens (including phenoxy) is 1. The number of fused-ring (bicyclic) bond motifs is 3. The van der Waals surface area contributed by atoms with Crippen molar-refractivity contribution in [3.05, 3.63) is 51.3 Å². The van der Waals surface area contributed by atoms with E-state index in [1.807, 2.05) is 35.0 Å². The second-order valence-corrected chi connectivity index (χ2v) is 6.41. The molecule has 0 aliphatic heterocycles. The Labute approximate surface area is 153 Å². The van der Waals surface area contributed by atoms with Crippen molar-refractivity contribution in [1.82, 2.24) is 23.1 Å². The van der Waals surface area contributed by atoms with E-state index in [4.69, 9.17) is 4.74 Å². The molecule has 0 saturated carbocycles. The van der Waals surface area contributed by atoms with Gasteiger partial charge < -0.3 is 15.0 Å². The minimum Gasteiger partial charge on any atom is -0.497 e. The van der Waals surface area contributed by atoms with Gasteiger partial charge in [0.05, 0.1) is 25.9 Å². The quantitative estimate of drug-likeness (QED) is 0.529. The summed E-state index contributed by atoms with van der Waals surface area (Å²) in [6.07, 6.45) is 1.88. The van der Waals surface area contributed by atoms with E-state index in [1.165, 1.54) is 11.6 Å². The molecular weight excluding hydrogens is 348 g/mol. The molecule has 0 amide bonds. The number of quaternary nitrogens is 1. The van der Waals surface area contributed by atoms with Gasteiger partial charge in [0.1, 0.15) is 5.75 Å². The van der Waals surface area contributed by atoms with Gasteiger partial charge in [-0.25, -0.2) is 4.79 Å². The molecule has 0 unspecified atom stereocenters. The van der Waals surface area contributed by atoms with Crippen molar-refractivity contribution >= 4 is 16.9 Å². The summed E-state index contributed by atoms with van der Waals surface area (Å²) >= 11 is 0. The molecule has 9 heteroatoms. The molecule has 0 radical (unpaired) electrons. The molecule has 140 valence electrons. The zero-order chi connectivity index (χ0) is 19.3. The normalized spacial score (nSPS) is 11.6. The van der Waals surface area contributed by atoms with Crippen LogP contribution in [0.2, 0.25) is 0 Å². The molecule has 1 aromatic carbocycles. The predicted octanol–water partition coefficient (Wildman–Crippen LogP) is -0.396. The van der Waals surface area contributed by atoms with Crippen molar-refractivity contribution in [2.75, 3.05) is 13.7 Å². The molecule has 4 rings (SSSR count). The molecule has 3 heterocycles. The third-order valence-corrected chi connectivity index (χ3v) is 4.82. The summed E-state index contributed by atoms with van der Waals surface area (Å²) in [6.45, 7) is 1.29. The van der Waals surface area contributed by atoms with Gasteiger partial charge in [-0.1, -0.05) is 0 Å². The number of imidazole rings is 2. The molecule has 0 atom stereocenters. The summed E-state index contributed by atoms with van der Waals surface area (Å²) in [5, 5.41) is 0. The summed E-state index contributed by atoms with van der Waals surface area (Å²) < 4.78 is 11.5. The molecule has 0 saturated heterocycles. The molecular formula is C18H21N6O3+. The van der Waals surface area contributed by atoms with Crippen LogP contribution in [0.25, 0.3) is 28.2 Å². The molecule has 3 aromatic heterocycles. The van der Waals surface area contributed by atoms with Crippen LogP contribution in [0.15, 0.2) is 40.1 Å². The molecule has 0 spiro atoms. The molecule has 9 nitrogen and oxygen atoms in total. The SMILES string of the molecule is COc1ccc(-c2cn3c4c(=O)n(C)c(=O)n(C)c4nc3n2CC[NH3+])cc1. The Kier molecular flexibility index (Phi) is 3.88. The van der Waals surface area contributed by atoms with Gasteiger partial charge in [-0.05, 0) is 24.3 Å². The maximum Gasteiger partial charge on any atom is 0.332 e. The minimum absolute atomic E-state index is 0.367. The van der Waals surface area contributed by atoms with Gasteiger partial charge >= 0.3 is 5.69 Å². The van der Waals surface area contributed by atoms with E-state index >= 15 is 0 Å². The molecule has 0 fully saturated rings. The number of methoxy groups -OCH3 is 1. The fourth-order valence-electron chi connectivity index (χ4n) is 3.39. The van der Waals surface area contributed by atoms with E-state index in [0.717, 1.165) is 21.6 Å². The van der Waals surface area contributed by atoms with Crippen molar-refractivity contribution in [1.29, 1.82) is 0 Å². The molecule has 3 N–H and O–H groups in total. The van der Waals surface area contributed by atoms with Crippen molar-refractivity contribution in [3.63, 3.8) is 0 Å². The summed E-state index contributed by atoms with van der Waals surface area (Å²) in [4.78, 5) is 29.5. The van der Waals surface area contributed by atoms with Gasteiger partial charge in [0.15, 0.2) is 11.2 Å². The fraction of sp³-hybridized carbons (Fsp3) is 0.278. The van der Waals surface area contributed by atoms with Crippen LogP contribution < -0.4 is 21.7 Å². The van der Waals surface area contributed by atoms with Gasteiger partial charge in [-0.2, -0.15) is 4.98 Å². The molecule has 4 aromatic rings. The largest absolute Gasteiger partial charge is 0.497 e. The first-order valence-electron chi connectivity index (χ1n) is 8.59. The Morgan fingerprint density at radius 3 is 2.44 bits per heavy atom. The lowest BCUT2D eigenvalue weighted by Crippen LogP contribution is -2.52. The highest BCUT2D eigenvalue weighted by atomic mass is 16.5. The molecule has 0 aliphatic carbocycles. The van der Waals surface area contributed by atoms with Gasteiger partial charge in [-0.15, -0.1) is 0 Å². The molecule has 0 aliphatic rings. The summed E-state index contributed by atoms with van der Waals surface area (Å²) in [5.41, 5.74) is 5.83. The molecule has 0 bridgehead atoms. The third-order valence-electron chi connectivity index (χ3n) is 4.82. The van der Waals surface area contributed by atoms with E-state index in [2.05, 4.69) is 10.7 Å². The number of hydrogen-bond donors (Lipinski definition) is 1. The van der Waals surface area contributed by atoms with Gasteiger partial charge in [0.2, 0.25) is 5.78 Å². The number of aromatic nitrogens is 5. The van der Waals surface area contributed by atoms with E-state index < -0.39 is 5.69 Å². The molecule has 27 heavy (non-hydrogen) atoms. The third kappa shape index (κ3) is 2.39. The fourth-order valence-corrected chi connectivity index (χ4v) is 3.39. The first-order chi connectivity index (χ1) is 13.0. The summed E-state index contributed by atoms with van der Waals surface area (Å²) in [5.74, 6) is 1.38. The van der Waals surface area contributed by atoms with Crippen molar-refractivity contribution in [2.24, 2.45) is 14.1 Å². The number of nitrogens with zero attached hydrogens (tertiary/aromatic N) is 5. The Balaban J connectivity index is 2.08. The Hall–Kier alpha value is -3.33. The highest BCUT2D eigenvalue weighted by Gasteiger charge is 2.20. The highest BCUT2D eigenvalue weighted by Crippen LogP contribution is 2.26. The first kappa shape index (κ1) is 17.1. The van der Waals surface area contributed by atoms with Crippen LogP contribution in [0.4, 0.5) is 0 Å². The maximum absolute atomic E-state index is 12.7. The predicted molar refractivity (Wildman–Crippen MR) is 101 cm³/mol. The van der Waals surface area contributed by atoms with Crippen molar-refractivity contribution in [3.8, 4) is 17.0 Å². The number of benzene rings is 1. The topological polar surface area (TPSA) is 103 Å². The smallest absolute Gasteiger partial charge is 0.332 e. The standard InChI is InChI=1S/C18H20N6O3/c1-21-15-14(16(25)22(2)18(21)26)24-10-13(23(9-8-19)17(24)20-15)11-4-6-12(27-3)7-5-11/h4-7,10H,8-9,19H2,1-3H3/p+1. The van der Waals surface area contributed by atoms with Gasteiger partial charge in [0, 0.05) is 25.9 Å². The monoisotopic (exact) mass is 369 g/mol. The lowest BCUT2D eigenvalue weighted by atomic mass is 10.1. The second kappa shape index (κ2) is 6.13. The van der Waals surface area contributed by atoms with Crippen LogP contribution in [-0.2, 0) is 20.6 Å². The van der Waals surface area contributed by atoms with Crippen LogP contribution in [0.1, 0.15) is 0 Å². The van der Waals surface area contributed by atoms with E-state index in [0.29, 0.717) is 30.0 Å². The lowest BCUT2D eigenvalue weighted by Gasteiger charge is -2.07. The van der Waals surface area contributed by atoms with Gasteiger partial charge in [-0.3, -0.25) is 18.3 Å². The Morgan fingerprint density at radius 1 is 1.11 bits per heavy atom. The Morgan fingerprint density at radius 2 is 1.81 bits per heavy atom. The van der Waals surface area contributed by atoms with E-state index in [-0.39, 0.29) is 5.56 Å². The lowest BCUT2D eigenvalue weighted by molar-refractivity contribution is -0.369. The second-order valence-electron chi connectivity index (χ2n) is 6.41. The zero-order valence-corrected chi connectivity index (χ0v) is 15.5. The minimum atomic E-state index is -0.396. The van der Waals surface area contributed by atoms with Crippen LogP contribution in [0.3, 0.4) is 0 Å². The van der Waals surface area contributed by atoms with Crippen LogP contribution in [0.5, 0.6) is 5.75 Å². The van der Waals surface area contributed by atoms with Crippen LogP contribution >= 0.6 is 0 Å². The maximum atomic E-state index is 12.7. The average molecular weight is 369 g/mol. The summed E-state index contributed by atoms with van der Waals surface area (Å²) in [7, 11) is 4.72. The zero-order valence-electron chi connectivity index (χ0n) is 15.5. The van der Waals surface area contributed by atoms with E-state index in [1.54, 1.807) is 18.6 Å². The van der Waals surface area contributed by atoms with E-state index in [9.17, 15) is 9.59 Å². The number of rotatable bonds is 4. The highest BCUT2D eigenvalue weighted by molar-refractivity contribution is 5.78. The average Bonchev–Trinajstić information content (AvgIpc) is 3.22. The number of aryl methyl sites for hydroxylation is 1. The Bertz CT molecular complexity index is 1270.